The molecule has 0 radical (unpaired) electrons. The van der Waals surface area contributed by atoms with Crippen LogP contribution >= 0.6 is 15.9 Å². The van der Waals surface area contributed by atoms with Gasteiger partial charge in [0.15, 0.2) is 0 Å². The summed E-state index contributed by atoms with van der Waals surface area (Å²) in [6.07, 6.45) is -6.62. The first-order valence-corrected chi connectivity index (χ1v) is 12.0. The third kappa shape index (κ3) is 7.80. The second kappa shape index (κ2) is 11.3. The summed E-state index contributed by atoms with van der Waals surface area (Å²) < 4.78 is 75.2. The van der Waals surface area contributed by atoms with Crippen LogP contribution in [0.3, 0.4) is 0 Å². The summed E-state index contributed by atoms with van der Waals surface area (Å²) >= 11 is 3.21. The maximum atomic E-state index is 12.4. The van der Waals surface area contributed by atoms with Gasteiger partial charge in [-0.3, -0.25) is 9.59 Å². The van der Waals surface area contributed by atoms with E-state index in [0.717, 1.165) is 10.7 Å². The molecule has 4 aromatic rings. The minimum absolute atomic E-state index is 0.0722. The van der Waals surface area contributed by atoms with Crippen molar-refractivity contribution in [3.05, 3.63) is 74.0 Å². The third-order valence-corrected chi connectivity index (χ3v) is 5.81. The lowest BCUT2D eigenvalue weighted by Gasteiger charge is -2.22. The molecule has 0 fully saturated rings. The molecule has 214 valence electrons. The summed E-state index contributed by atoms with van der Waals surface area (Å²) in [5, 5.41) is 19.9. The van der Waals surface area contributed by atoms with Gasteiger partial charge in [-0.05, 0) is 50.2 Å². The van der Waals surface area contributed by atoms with Crippen molar-refractivity contribution < 1.29 is 36.2 Å². The van der Waals surface area contributed by atoms with Gasteiger partial charge in [-0.15, -0.1) is 0 Å². The fourth-order valence-electron chi connectivity index (χ4n) is 3.40. The molecule has 2 N–H and O–H groups in total. The van der Waals surface area contributed by atoms with E-state index in [0.29, 0.717) is 25.8 Å². The Bertz CT molecular complexity index is 1680. The first-order valence-electron chi connectivity index (χ1n) is 11.2. The van der Waals surface area contributed by atoms with E-state index < -0.39 is 48.1 Å². The Labute approximate surface area is 229 Å². The molecule has 0 aliphatic carbocycles. The number of aromatic nitrogens is 4. The van der Waals surface area contributed by atoms with Crippen molar-refractivity contribution in [2.75, 3.05) is 5.32 Å². The smallest absolute Gasteiger partial charge is 0.408 e. The Hall–Kier alpha value is -3.95. The highest BCUT2D eigenvalue weighted by Gasteiger charge is 2.30. The van der Waals surface area contributed by atoms with Gasteiger partial charge in [-0.2, -0.15) is 36.5 Å². The number of carboxylic acid groups (broad SMARTS) is 1. The molecule has 0 atom stereocenters. The van der Waals surface area contributed by atoms with Gasteiger partial charge in [0.2, 0.25) is 0 Å². The van der Waals surface area contributed by atoms with Crippen LogP contribution in [0.1, 0.15) is 13.8 Å². The van der Waals surface area contributed by atoms with E-state index in [1.54, 1.807) is 12.1 Å². The zero-order chi connectivity index (χ0) is 30.0. The molecule has 40 heavy (non-hydrogen) atoms. The number of carbonyl (C=O) groups is 1. The first kappa shape index (κ1) is 30.6. The van der Waals surface area contributed by atoms with Gasteiger partial charge in [0.1, 0.15) is 18.6 Å². The first-order chi connectivity index (χ1) is 18.4. The van der Waals surface area contributed by atoms with Crippen LogP contribution in [0.4, 0.5) is 32.0 Å². The molecular weight excluding hydrogens is 616 g/mol. The summed E-state index contributed by atoms with van der Waals surface area (Å²) in [6.45, 7) is 0.0733. The molecule has 0 bridgehead atoms. The Morgan fingerprint density at radius 1 is 0.850 bits per heavy atom. The van der Waals surface area contributed by atoms with Gasteiger partial charge in [0.05, 0.1) is 23.2 Å². The number of carboxylic acids is 1. The van der Waals surface area contributed by atoms with Crippen molar-refractivity contribution in [3.63, 3.8) is 0 Å². The van der Waals surface area contributed by atoms with E-state index in [2.05, 4.69) is 31.4 Å². The van der Waals surface area contributed by atoms with Gasteiger partial charge in [0.25, 0.3) is 11.1 Å². The Kier molecular flexibility index (Phi) is 8.62. The van der Waals surface area contributed by atoms with Crippen molar-refractivity contribution in [1.82, 2.24) is 19.6 Å². The van der Waals surface area contributed by atoms with Gasteiger partial charge in [-0.25, -0.2) is 14.2 Å². The van der Waals surface area contributed by atoms with E-state index in [4.69, 9.17) is 5.11 Å². The zero-order valence-electron chi connectivity index (χ0n) is 20.6. The van der Waals surface area contributed by atoms with Crippen molar-refractivity contribution in [2.24, 2.45) is 0 Å². The topological polar surface area (TPSA) is 119 Å². The highest BCUT2D eigenvalue weighted by molar-refractivity contribution is 9.10. The number of benzene rings is 2. The number of anilines is 1. The van der Waals surface area contributed by atoms with Crippen molar-refractivity contribution in [1.29, 1.82) is 0 Å². The minimum Gasteiger partial charge on any atom is -0.480 e. The lowest BCUT2D eigenvalue weighted by molar-refractivity contribution is -0.144. The molecule has 9 nitrogen and oxygen atoms in total. The molecule has 2 aromatic carbocycles. The van der Waals surface area contributed by atoms with Gasteiger partial charge >= 0.3 is 18.3 Å². The molecule has 2 aromatic heterocycles. The third-order valence-electron chi connectivity index (χ3n) is 5.32. The van der Waals surface area contributed by atoms with E-state index in [-0.39, 0.29) is 10.8 Å². The quantitative estimate of drug-likeness (QED) is 0.298. The summed E-state index contributed by atoms with van der Waals surface area (Å²) in [6, 6.07) is 8.94. The predicted molar refractivity (Wildman–Crippen MR) is 137 cm³/mol. The number of hydrogen-bond donors (Lipinski definition) is 2. The largest absolute Gasteiger partial charge is 0.480 e. The molecule has 16 heteroatoms. The average Bonchev–Trinajstić information content (AvgIpc) is 2.81. The van der Waals surface area contributed by atoms with Crippen molar-refractivity contribution in [2.45, 2.75) is 44.8 Å². The fourth-order valence-corrected chi connectivity index (χ4v) is 3.78. The molecule has 0 saturated heterocycles. The summed E-state index contributed by atoms with van der Waals surface area (Å²) in [5.41, 5.74) is -2.43. The molecule has 0 spiro atoms. The molecule has 2 heterocycles. The van der Waals surface area contributed by atoms with Crippen LogP contribution < -0.4 is 16.4 Å². The molecular formula is C24H20BrF6N5O4. The number of aliphatic carboxylic acids is 1. The highest BCUT2D eigenvalue weighted by Crippen LogP contribution is 2.22. The number of rotatable bonds is 5. The standard InChI is InChI=1S/C14H14F3N3O3.C10H6BrF3N2O/c1-13(2,12(22)23)19-9-3-4-10-8(5-9)6-18-20(11(10)21)7-14(15,16)17;11-7-1-2-8-6(3-7)4-15-16(9(8)17)5-10(12,13)14/h3-6,19H,7H2,1-2H3,(H,22,23);1-4H,5H2. The van der Waals surface area contributed by atoms with Gasteiger partial charge in [-0.1, -0.05) is 15.9 Å². The highest BCUT2D eigenvalue weighted by atomic mass is 79.9. The summed E-state index contributed by atoms with van der Waals surface area (Å²) in [5.74, 6) is -1.07. The fraction of sp³-hybridized carbons (Fsp3) is 0.292. The number of fused-ring (bicyclic) bond motifs is 2. The zero-order valence-corrected chi connectivity index (χ0v) is 22.2. The molecule has 0 saturated carbocycles. The van der Waals surface area contributed by atoms with Crippen molar-refractivity contribution >= 4 is 49.1 Å². The minimum atomic E-state index is -4.54. The SMILES string of the molecule is CC(C)(Nc1ccc2c(=O)n(CC(F)(F)F)ncc2c1)C(=O)O.O=c1c2ccc(Br)cc2cnn1CC(F)(F)F. The molecule has 0 amide bonds. The summed E-state index contributed by atoms with van der Waals surface area (Å²) in [7, 11) is 0. The number of nitrogens with zero attached hydrogens (tertiary/aromatic N) is 4. The van der Waals surface area contributed by atoms with Crippen LogP contribution in [0.2, 0.25) is 0 Å². The van der Waals surface area contributed by atoms with E-state index >= 15 is 0 Å². The van der Waals surface area contributed by atoms with E-state index in [1.165, 1.54) is 44.3 Å². The predicted octanol–water partition coefficient (Wildman–Crippen LogP) is 4.96. The lowest BCUT2D eigenvalue weighted by Crippen LogP contribution is -2.39. The van der Waals surface area contributed by atoms with Crippen LogP contribution in [-0.4, -0.2) is 48.5 Å². The van der Waals surface area contributed by atoms with Crippen LogP contribution in [0, 0.1) is 0 Å². The monoisotopic (exact) mass is 635 g/mol. The van der Waals surface area contributed by atoms with Crippen LogP contribution in [-0.2, 0) is 17.9 Å². The number of halogens is 7. The molecule has 0 aliphatic rings. The molecule has 0 unspecified atom stereocenters. The van der Waals surface area contributed by atoms with E-state index in [9.17, 15) is 40.7 Å². The second-order valence-electron chi connectivity index (χ2n) is 9.03. The van der Waals surface area contributed by atoms with Crippen LogP contribution in [0.5, 0.6) is 0 Å². The normalized spacial score (nSPS) is 12.2. The molecule has 4 rings (SSSR count). The van der Waals surface area contributed by atoms with Crippen LogP contribution in [0.25, 0.3) is 21.5 Å². The maximum Gasteiger partial charge on any atom is 0.408 e. The van der Waals surface area contributed by atoms with E-state index in [1.807, 2.05) is 0 Å². The second-order valence-corrected chi connectivity index (χ2v) is 9.95. The Morgan fingerprint density at radius 2 is 1.30 bits per heavy atom. The lowest BCUT2D eigenvalue weighted by atomic mass is 10.1. The van der Waals surface area contributed by atoms with Crippen LogP contribution in [0.15, 0.2) is 62.9 Å². The Balaban J connectivity index is 0.000000230. The van der Waals surface area contributed by atoms with Crippen molar-refractivity contribution in [3.8, 4) is 0 Å². The van der Waals surface area contributed by atoms with Gasteiger partial charge < -0.3 is 10.4 Å². The number of hydrogen-bond acceptors (Lipinski definition) is 6. The average molecular weight is 636 g/mol. The maximum absolute atomic E-state index is 12.4. The van der Waals surface area contributed by atoms with Gasteiger partial charge in [0, 0.05) is 20.9 Å². The molecule has 0 aliphatic heterocycles. The number of alkyl halides is 6. The number of nitrogens with one attached hydrogen (secondary N) is 1. The Morgan fingerprint density at radius 3 is 1.75 bits per heavy atom. The summed E-state index contributed by atoms with van der Waals surface area (Å²) in [4.78, 5) is 34.8.